The van der Waals surface area contributed by atoms with Gasteiger partial charge in [0.05, 0.1) is 27.5 Å². The molecule has 158 valence electrons. The minimum absolute atomic E-state index is 0.0955. The number of carbonyl (C=O) groups excluding carboxylic acids is 2. The van der Waals surface area contributed by atoms with E-state index in [0.29, 0.717) is 52.5 Å². The molecule has 31 heavy (non-hydrogen) atoms. The number of nitrogens with one attached hydrogen (secondary N) is 1. The molecule has 1 heterocycles. The maximum absolute atomic E-state index is 13.2. The smallest absolute Gasteiger partial charge is 0.256 e. The highest BCUT2D eigenvalue weighted by molar-refractivity contribution is 9.10. The lowest BCUT2D eigenvalue weighted by Crippen LogP contribution is -2.49. The SMILES string of the molecule is O=C(Nc1ccccc1C(=O)N1CCN(c2ccccc2Cl)CC1)c1ccccc1Br. The van der Waals surface area contributed by atoms with Crippen LogP contribution in [0, 0.1) is 0 Å². The normalized spacial score (nSPS) is 13.7. The maximum atomic E-state index is 13.2. The zero-order valence-corrected chi connectivity index (χ0v) is 19.1. The van der Waals surface area contributed by atoms with Gasteiger partial charge in [0.2, 0.25) is 0 Å². The highest BCUT2D eigenvalue weighted by Gasteiger charge is 2.25. The first-order chi connectivity index (χ1) is 15.0. The molecule has 1 saturated heterocycles. The van der Waals surface area contributed by atoms with Crippen LogP contribution in [0.25, 0.3) is 0 Å². The number of piperazine rings is 1. The Labute approximate surface area is 194 Å². The maximum Gasteiger partial charge on any atom is 0.256 e. The van der Waals surface area contributed by atoms with Crippen molar-refractivity contribution in [1.82, 2.24) is 4.90 Å². The number of rotatable bonds is 4. The first-order valence-corrected chi connectivity index (χ1v) is 11.2. The molecule has 0 aromatic heterocycles. The first kappa shape index (κ1) is 21.4. The molecule has 1 aliphatic rings. The minimum atomic E-state index is -0.267. The second kappa shape index (κ2) is 9.54. The van der Waals surface area contributed by atoms with Crippen LogP contribution in [0.5, 0.6) is 0 Å². The Kier molecular flexibility index (Phi) is 6.59. The fourth-order valence-electron chi connectivity index (χ4n) is 3.64. The van der Waals surface area contributed by atoms with Gasteiger partial charge in [-0.25, -0.2) is 0 Å². The summed E-state index contributed by atoms with van der Waals surface area (Å²) >= 11 is 9.72. The number of carbonyl (C=O) groups is 2. The average molecular weight is 499 g/mol. The molecule has 1 N–H and O–H groups in total. The number of anilines is 2. The molecule has 0 radical (unpaired) electrons. The third-order valence-electron chi connectivity index (χ3n) is 5.28. The summed E-state index contributed by atoms with van der Waals surface area (Å²) in [5.74, 6) is -0.363. The molecule has 0 atom stereocenters. The van der Waals surface area contributed by atoms with Crippen molar-refractivity contribution < 1.29 is 9.59 Å². The van der Waals surface area contributed by atoms with Crippen LogP contribution in [0.4, 0.5) is 11.4 Å². The number of benzene rings is 3. The molecule has 7 heteroatoms. The van der Waals surface area contributed by atoms with Crippen LogP contribution in [0.3, 0.4) is 0 Å². The molecule has 4 rings (SSSR count). The highest BCUT2D eigenvalue weighted by Crippen LogP contribution is 2.27. The van der Waals surface area contributed by atoms with Gasteiger partial charge in [-0.15, -0.1) is 0 Å². The quantitative estimate of drug-likeness (QED) is 0.530. The summed E-state index contributed by atoms with van der Waals surface area (Å²) in [5.41, 5.74) is 2.48. The zero-order chi connectivity index (χ0) is 21.8. The van der Waals surface area contributed by atoms with E-state index in [1.807, 2.05) is 47.4 Å². The van der Waals surface area contributed by atoms with E-state index in [9.17, 15) is 9.59 Å². The first-order valence-electron chi connectivity index (χ1n) is 9.98. The Morgan fingerprint density at radius 3 is 2.13 bits per heavy atom. The van der Waals surface area contributed by atoms with E-state index in [-0.39, 0.29) is 11.8 Å². The summed E-state index contributed by atoms with van der Waals surface area (Å²) in [4.78, 5) is 30.0. The van der Waals surface area contributed by atoms with Gasteiger partial charge in [0.25, 0.3) is 11.8 Å². The van der Waals surface area contributed by atoms with Crippen LogP contribution in [-0.2, 0) is 0 Å². The van der Waals surface area contributed by atoms with Crippen LogP contribution in [0.1, 0.15) is 20.7 Å². The van der Waals surface area contributed by atoms with Crippen LogP contribution in [-0.4, -0.2) is 42.9 Å². The fraction of sp³-hybridized carbons (Fsp3) is 0.167. The molecular formula is C24H21BrClN3O2. The average Bonchev–Trinajstić information content (AvgIpc) is 2.80. The molecule has 0 aliphatic carbocycles. The third kappa shape index (κ3) is 4.75. The second-order valence-electron chi connectivity index (χ2n) is 7.21. The molecule has 0 bridgehead atoms. The van der Waals surface area contributed by atoms with Crippen molar-refractivity contribution in [2.45, 2.75) is 0 Å². The summed E-state index contributed by atoms with van der Waals surface area (Å²) in [6.45, 7) is 2.55. The monoisotopic (exact) mass is 497 g/mol. The minimum Gasteiger partial charge on any atom is -0.367 e. The molecule has 3 aromatic rings. The van der Waals surface area contributed by atoms with Crippen LogP contribution in [0.2, 0.25) is 5.02 Å². The largest absolute Gasteiger partial charge is 0.367 e. The van der Waals surface area contributed by atoms with Gasteiger partial charge in [-0.2, -0.15) is 0 Å². The van der Waals surface area contributed by atoms with E-state index in [1.165, 1.54) is 0 Å². The Hall–Kier alpha value is -2.83. The standard InChI is InChI=1S/C24H21BrClN3O2/c25-19-9-3-1-7-17(19)23(30)27-21-11-5-2-8-18(21)24(31)29-15-13-28(14-16-29)22-12-6-4-10-20(22)26/h1-12H,13-16H2,(H,27,30). The second-order valence-corrected chi connectivity index (χ2v) is 8.47. The lowest BCUT2D eigenvalue weighted by atomic mass is 10.1. The molecular weight excluding hydrogens is 478 g/mol. The van der Waals surface area contributed by atoms with Crippen molar-refractivity contribution in [2.24, 2.45) is 0 Å². The molecule has 1 fully saturated rings. The zero-order valence-electron chi connectivity index (χ0n) is 16.7. The Bertz CT molecular complexity index is 1110. The summed E-state index contributed by atoms with van der Waals surface area (Å²) in [7, 11) is 0. The third-order valence-corrected chi connectivity index (χ3v) is 6.30. The number of nitrogens with zero attached hydrogens (tertiary/aromatic N) is 2. The van der Waals surface area contributed by atoms with E-state index >= 15 is 0 Å². The lowest BCUT2D eigenvalue weighted by Gasteiger charge is -2.36. The number of para-hydroxylation sites is 2. The van der Waals surface area contributed by atoms with Gasteiger partial charge in [-0.1, -0.05) is 48.0 Å². The summed E-state index contributed by atoms with van der Waals surface area (Å²) in [5, 5.41) is 3.60. The molecule has 5 nitrogen and oxygen atoms in total. The topological polar surface area (TPSA) is 52.7 Å². The Balaban J connectivity index is 1.47. The summed E-state index contributed by atoms with van der Waals surface area (Å²) in [6.07, 6.45) is 0. The van der Waals surface area contributed by atoms with Gasteiger partial charge in [0.1, 0.15) is 0 Å². The number of halogens is 2. The predicted octanol–water partition coefficient (Wildman–Crippen LogP) is 5.32. The molecule has 1 aliphatic heterocycles. The number of amides is 2. The van der Waals surface area contributed by atoms with Crippen molar-refractivity contribution in [3.05, 3.63) is 93.4 Å². The molecule has 2 amide bonds. The van der Waals surface area contributed by atoms with E-state index in [1.54, 1.807) is 30.3 Å². The van der Waals surface area contributed by atoms with E-state index in [4.69, 9.17) is 11.6 Å². The van der Waals surface area contributed by atoms with Crippen molar-refractivity contribution in [1.29, 1.82) is 0 Å². The molecule has 3 aromatic carbocycles. The van der Waals surface area contributed by atoms with Gasteiger partial charge < -0.3 is 15.1 Å². The number of hydrogen-bond acceptors (Lipinski definition) is 3. The van der Waals surface area contributed by atoms with E-state index in [0.717, 1.165) is 5.69 Å². The molecule has 0 saturated carbocycles. The van der Waals surface area contributed by atoms with Gasteiger partial charge in [0.15, 0.2) is 0 Å². The van der Waals surface area contributed by atoms with Gasteiger partial charge in [-0.05, 0) is 52.3 Å². The fourth-order valence-corrected chi connectivity index (χ4v) is 4.36. The van der Waals surface area contributed by atoms with E-state index in [2.05, 4.69) is 26.1 Å². The molecule has 0 unspecified atom stereocenters. The lowest BCUT2D eigenvalue weighted by molar-refractivity contribution is 0.0748. The van der Waals surface area contributed by atoms with E-state index < -0.39 is 0 Å². The predicted molar refractivity (Wildman–Crippen MR) is 128 cm³/mol. The summed E-state index contributed by atoms with van der Waals surface area (Å²) in [6, 6.07) is 22.0. The molecule has 0 spiro atoms. The Morgan fingerprint density at radius 1 is 0.806 bits per heavy atom. The van der Waals surface area contributed by atoms with Crippen molar-refractivity contribution in [3.8, 4) is 0 Å². The van der Waals surface area contributed by atoms with Gasteiger partial charge in [-0.3, -0.25) is 9.59 Å². The van der Waals surface area contributed by atoms with Gasteiger partial charge >= 0.3 is 0 Å². The van der Waals surface area contributed by atoms with Crippen molar-refractivity contribution in [3.63, 3.8) is 0 Å². The van der Waals surface area contributed by atoms with Crippen LogP contribution >= 0.6 is 27.5 Å². The Morgan fingerprint density at radius 2 is 1.42 bits per heavy atom. The van der Waals surface area contributed by atoms with Crippen molar-refractivity contribution >= 4 is 50.7 Å². The van der Waals surface area contributed by atoms with Gasteiger partial charge in [0, 0.05) is 30.7 Å². The van der Waals surface area contributed by atoms with Crippen LogP contribution in [0.15, 0.2) is 77.3 Å². The highest BCUT2D eigenvalue weighted by atomic mass is 79.9. The number of hydrogen-bond donors (Lipinski definition) is 1. The van der Waals surface area contributed by atoms with Crippen LogP contribution < -0.4 is 10.2 Å². The summed E-state index contributed by atoms with van der Waals surface area (Å²) < 4.78 is 0.701. The van der Waals surface area contributed by atoms with Crippen molar-refractivity contribution in [2.75, 3.05) is 36.4 Å².